The monoisotopic (exact) mass is 180 g/mol. The Labute approximate surface area is 74.6 Å². The predicted octanol–water partition coefficient (Wildman–Crippen LogP) is 2.84. The second kappa shape index (κ2) is 2.76. The molecule has 0 amide bonds. The first-order valence-corrected chi connectivity index (χ1v) is 4.13. The van der Waals surface area contributed by atoms with E-state index in [0.717, 1.165) is 0 Å². The van der Waals surface area contributed by atoms with Crippen LogP contribution in [0.1, 0.15) is 12.7 Å². The first kappa shape index (κ1) is 8.10. The first-order chi connectivity index (χ1) is 6.24. The molecule has 1 aromatic heterocycles. The van der Waals surface area contributed by atoms with Crippen LogP contribution in [-0.2, 0) is 6.42 Å². The summed E-state index contributed by atoms with van der Waals surface area (Å²) in [6, 6.07) is 4.49. The van der Waals surface area contributed by atoms with Crippen molar-refractivity contribution in [1.29, 1.82) is 0 Å². The van der Waals surface area contributed by atoms with Gasteiger partial charge in [-0.25, -0.2) is 4.39 Å². The lowest BCUT2D eigenvalue weighted by molar-refractivity contribution is 0.440. The van der Waals surface area contributed by atoms with Crippen molar-refractivity contribution in [2.24, 2.45) is 0 Å². The molecular weight excluding hydrogens is 171 g/mol. The maximum absolute atomic E-state index is 13.1. The molecule has 0 spiro atoms. The molecule has 0 aliphatic heterocycles. The largest absolute Gasteiger partial charge is 0.504 e. The lowest BCUT2D eigenvalue weighted by Crippen LogP contribution is -1.71. The van der Waals surface area contributed by atoms with Gasteiger partial charge in [-0.15, -0.1) is 0 Å². The van der Waals surface area contributed by atoms with Gasteiger partial charge in [0.1, 0.15) is 5.76 Å². The van der Waals surface area contributed by atoms with Gasteiger partial charge in [0.15, 0.2) is 17.1 Å². The van der Waals surface area contributed by atoms with Crippen LogP contribution in [0.25, 0.3) is 11.0 Å². The Morgan fingerprint density at radius 2 is 2.23 bits per heavy atom. The number of rotatable bonds is 1. The Balaban J connectivity index is 2.83. The zero-order chi connectivity index (χ0) is 9.42. The van der Waals surface area contributed by atoms with Gasteiger partial charge in [0.25, 0.3) is 0 Å². The summed E-state index contributed by atoms with van der Waals surface area (Å²) < 4.78 is 18.3. The van der Waals surface area contributed by atoms with Gasteiger partial charge in [-0.1, -0.05) is 13.0 Å². The molecule has 2 nitrogen and oxygen atoms in total. The van der Waals surface area contributed by atoms with Crippen LogP contribution in [0, 0.1) is 5.82 Å². The molecule has 2 aromatic rings. The number of fused-ring (bicyclic) bond motifs is 1. The van der Waals surface area contributed by atoms with E-state index in [0.29, 0.717) is 17.6 Å². The van der Waals surface area contributed by atoms with Crippen LogP contribution >= 0.6 is 0 Å². The molecule has 1 N–H and O–H groups in total. The van der Waals surface area contributed by atoms with Crippen LogP contribution < -0.4 is 0 Å². The predicted molar refractivity (Wildman–Crippen MR) is 47.2 cm³/mol. The molecule has 0 bridgehead atoms. The van der Waals surface area contributed by atoms with Gasteiger partial charge in [0.05, 0.1) is 5.39 Å². The zero-order valence-corrected chi connectivity index (χ0v) is 7.17. The van der Waals surface area contributed by atoms with Crippen molar-refractivity contribution in [1.82, 2.24) is 0 Å². The maximum Gasteiger partial charge on any atom is 0.173 e. The third-order valence-corrected chi connectivity index (χ3v) is 2.03. The number of aryl methyl sites for hydroxylation is 1. The topological polar surface area (TPSA) is 33.4 Å². The van der Waals surface area contributed by atoms with Gasteiger partial charge in [-0.3, -0.25) is 0 Å². The number of para-hydroxylation sites is 1. The lowest BCUT2D eigenvalue weighted by Gasteiger charge is -1.88. The van der Waals surface area contributed by atoms with Crippen LogP contribution in [0.5, 0.6) is 5.75 Å². The van der Waals surface area contributed by atoms with Crippen molar-refractivity contribution in [3.63, 3.8) is 0 Å². The van der Waals surface area contributed by atoms with Gasteiger partial charge >= 0.3 is 0 Å². The van der Waals surface area contributed by atoms with Crippen LogP contribution in [0.15, 0.2) is 22.6 Å². The zero-order valence-electron chi connectivity index (χ0n) is 7.17. The van der Waals surface area contributed by atoms with E-state index in [1.807, 2.05) is 6.92 Å². The van der Waals surface area contributed by atoms with E-state index >= 15 is 0 Å². The molecule has 1 heterocycles. The van der Waals surface area contributed by atoms with Crippen molar-refractivity contribution in [2.45, 2.75) is 13.3 Å². The van der Waals surface area contributed by atoms with Crippen LogP contribution in [0.4, 0.5) is 4.39 Å². The molecule has 13 heavy (non-hydrogen) atoms. The highest BCUT2D eigenvalue weighted by Gasteiger charge is 2.13. The van der Waals surface area contributed by atoms with Crippen molar-refractivity contribution in [3.05, 3.63) is 29.8 Å². The molecule has 0 unspecified atom stereocenters. The molecule has 1 aromatic carbocycles. The molecule has 0 aliphatic rings. The summed E-state index contributed by atoms with van der Waals surface area (Å²) in [5.41, 5.74) is 0.136. The molecule has 0 aliphatic carbocycles. The normalized spacial score (nSPS) is 10.9. The van der Waals surface area contributed by atoms with Crippen LogP contribution in [-0.4, -0.2) is 5.11 Å². The molecule has 0 fully saturated rings. The highest BCUT2D eigenvalue weighted by molar-refractivity contribution is 5.85. The summed E-state index contributed by atoms with van der Waals surface area (Å²) in [4.78, 5) is 0. The van der Waals surface area contributed by atoms with Crippen molar-refractivity contribution < 1.29 is 13.9 Å². The number of halogens is 1. The fraction of sp³-hybridized carbons (Fsp3) is 0.200. The number of aromatic hydroxyl groups is 1. The third kappa shape index (κ3) is 1.08. The highest BCUT2D eigenvalue weighted by atomic mass is 19.1. The molecular formula is C10H9FO2. The summed E-state index contributed by atoms with van der Waals surface area (Å²) in [7, 11) is 0. The van der Waals surface area contributed by atoms with E-state index in [-0.39, 0.29) is 11.3 Å². The van der Waals surface area contributed by atoms with Gasteiger partial charge in [0.2, 0.25) is 0 Å². The second-order valence-corrected chi connectivity index (χ2v) is 2.84. The minimum atomic E-state index is -0.437. The van der Waals surface area contributed by atoms with Crippen LogP contribution in [0.2, 0.25) is 0 Å². The average Bonchev–Trinajstić information content (AvgIpc) is 2.45. The van der Waals surface area contributed by atoms with Gasteiger partial charge < -0.3 is 9.52 Å². The van der Waals surface area contributed by atoms with Gasteiger partial charge in [-0.2, -0.15) is 0 Å². The van der Waals surface area contributed by atoms with Crippen molar-refractivity contribution in [3.8, 4) is 5.75 Å². The van der Waals surface area contributed by atoms with E-state index in [2.05, 4.69) is 0 Å². The Bertz CT molecular complexity index is 445. The lowest BCUT2D eigenvalue weighted by atomic mass is 10.2. The quantitative estimate of drug-likeness (QED) is 0.732. The molecule has 0 radical (unpaired) electrons. The Hall–Kier alpha value is -1.51. The summed E-state index contributed by atoms with van der Waals surface area (Å²) in [6.45, 7) is 1.84. The minimum absolute atomic E-state index is 0.0528. The number of furan rings is 1. The first-order valence-electron chi connectivity index (χ1n) is 4.13. The fourth-order valence-corrected chi connectivity index (χ4v) is 1.36. The Morgan fingerprint density at radius 1 is 1.46 bits per heavy atom. The SMILES string of the molecule is CCc1oc2c(F)cccc2c1O. The van der Waals surface area contributed by atoms with Gasteiger partial charge in [-0.05, 0) is 12.1 Å². The fourth-order valence-electron chi connectivity index (χ4n) is 1.36. The van der Waals surface area contributed by atoms with E-state index in [4.69, 9.17) is 4.42 Å². The average molecular weight is 180 g/mol. The maximum atomic E-state index is 13.1. The Morgan fingerprint density at radius 3 is 2.85 bits per heavy atom. The number of hydrogen-bond acceptors (Lipinski definition) is 2. The van der Waals surface area contributed by atoms with Crippen molar-refractivity contribution >= 4 is 11.0 Å². The molecule has 3 heteroatoms. The van der Waals surface area contributed by atoms with E-state index in [1.165, 1.54) is 6.07 Å². The standard InChI is InChI=1S/C10H9FO2/c1-2-8-9(12)6-4-3-5-7(11)10(6)13-8/h3-5,12H,2H2,1H3. The van der Waals surface area contributed by atoms with E-state index in [9.17, 15) is 9.50 Å². The summed E-state index contributed by atoms with van der Waals surface area (Å²) in [5.74, 6) is 0.0459. The molecule has 68 valence electrons. The Kier molecular flexibility index (Phi) is 1.72. The summed E-state index contributed by atoms with van der Waals surface area (Å²) in [5, 5.41) is 10.00. The highest BCUT2D eigenvalue weighted by Crippen LogP contribution is 2.33. The third-order valence-electron chi connectivity index (χ3n) is 2.03. The van der Waals surface area contributed by atoms with E-state index in [1.54, 1.807) is 12.1 Å². The molecule has 2 rings (SSSR count). The second-order valence-electron chi connectivity index (χ2n) is 2.84. The smallest absolute Gasteiger partial charge is 0.173 e. The van der Waals surface area contributed by atoms with Crippen molar-refractivity contribution in [2.75, 3.05) is 0 Å². The summed E-state index contributed by atoms with van der Waals surface area (Å²) >= 11 is 0. The molecule has 0 saturated carbocycles. The van der Waals surface area contributed by atoms with Gasteiger partial charge in [0, 0.05) is 6.42 Å². The number of hydrogen-bond donors (Lipinski definition) is 1. The molecule has 0 saturated heterocycles. The molecule has 0 atom stereocenters. The van der Waals surface area contributed by atoms with E-state index < -0.39 is 5.82 Å². The summed E-state index contributed by atoms with van der Waals surface area (Å²) in [6.07, 6.45) is 0.556. The minimum Gasteiger partial charge on any atom is -0.504 e. The van der Waals surface area contributed by atoms with Crippen LogP contribution in [0.3, 0.4) is 0 Å². The number of benzene rings is 1.